The Morgan fingerprint density at radius 3 is 2.24 bits per heavy atom. The van der Waals surface area contributed by atoms with E-state index in [1.54, 1.807) is 18.2 Å². The van der Waals surface area contributed by atoms with Gasteiger partial charge in [-0.05, 0) is 47.4 Å². The molecule has 0 N–H and O–H groups in total. The van der Waals surface area contributed by atoms with Crippen LogP contribution in [0.1, 0.15) is 16.7 Å². The van der Waals surface area contributed by atoms with Crippen LogP contribution in [0, 0.1) is 10.1 Å². The molecule has 0 radical (unpaired) electrons. The van der Waals surface area contributed by atoms with Gasteiger partial charge in [0, 0.05) is 31.8 Å². The van der Waals surface area contributed by atoms with Crippen molar-refractivity contribution in [2.75, 3.05) is 6.54 Å². The Bertz CT molecular complexity index is 1200. The smallest absolute Gasteiger partial charge is 0.454 e. The first-order valence-corrected chi connectivity index (χ1v) is 10.8. The predicted molar refractivity (Wildman–Crippen MR) is 121 cm³/mol. The van der Waals surface area contributed by atoms with Crippen molar-refractivity contribution in [1.82, 2.24) is 4.90 Å². The molecule has 34 heavy (non-hydrogen) atoms. The van der Waals surface area contributed by atoms with Crippen molar-refractivity contribution in [3.05, 3.63) is 91.4 Å². The fourth-order valence-corrected chi connectivity index (χ4v) is 4.26. The Balaban J connectivity index is 1.41. The second kappa shape index (κ2) is 9.69. The van der Waals surface area contributed by atoms with Crippen molar-refractivity contribution in [3.63, 3.8) is 0 Å². The average Bonchev–Trinajstić information content (AvgIpc) is 2.76. The number of benzene rings is 3. The van der Waals surface area contributed by atoms with Crippen molar-refractivity contribution in [3.8, 4) is 17.2 Å². The average molecular weight is 513 g/mol. The van der Waals surface area contributed by atoms with E-state index < -0.39 is 11.3 Å². The van der Waals surface area contributed by atoms with E-state index in [-0.39, 0.29) is 27.2 Å². The molecule has 11 heteroatoms. The van der Waals surface area contributed by atoms with E-state index in [0.29, 0.717) is 18.8 Å². The number of non-ortho nitro benzene ring substituents is 1. The van der Waals surface area contributed by atoms with E-state index in [2.05, 4.69) is 9.64 Å². The molecule has 3 aromatic rings. The first-order chi connectivity index (χ1) is 16.1. The number of nitro groups is 1. The summed E-state index contributed by atoms with van der Waals surface area (Å²) in [7, 11) is 0. The van der Waals surface area contributed by atoms with Gasteiger partial charge in [-0.15, -0.1) is 13.2 Å². The first kappa shape index (κ1) is 24.1. The maximum absolute atomic E-state index is 12.3. The zero-order valence-electron chi connectivity index (χ0n) is 17.4. The van der Waals surface area contributed by atoms with Gasteiger partial charge in [0.1, 0.15) is 11.5 Å². The van der Waals surface area contributed by atoms with Crippen LogP contribution < -0.4 is 9.47 Å². The molecule has 3 aromatic carbocycles. The summed E-state index contributed by atoms with van der Waals surface area (Å²) in [5.74, 6) is 0.398. The molecular weight excluding hydrogens is 496 g/mol. The number of hydrogen-bond acceptors (Lipinski definition) is 5. The Labute approximate surface area is 202 Å². The van der Waals surface area contributed by atoms with Crippen LogP contribution in [-0.2, 0) is 19.5 Å². The number of halogens is 5. The molecule has 1 heterocycles. The number of rotatable bonds is 6. The lowest BCUT2D eigenvalue weighted by atomic mass is 9.99. The third-order valence-corrected chi connectivity index (χ3v) is 5.81. The fourth-order valence-electron chi connectivity index (χ4n) is 3.71. The van der Waals surface area contributed by atoms with Crippen molar-refractivity contribution < 1.29 is 27.6 Å². The van der Waals surface area contributed by atoms with Crippen molar-refractivity contribution in [1.29, 1.82) is 0 Å². The number of nitro benzene ring substituents is 1. The minimum absolute atomic E-state index is 0.0368. The van der Waals surface area contributed by atoms with Crippen LogP contribution in [0.25, 0.3) is 0 Å². The summed E-state index contributed by atoms with van der Waals surface area (Å²) in [6.07, 6.45) is -3.97. The third-order valence-electron chi connectivity index (χ3n) is 5.25. The maximum Gasteiger partial charge on any atom is 0.573 e. The number of hydrogen-bond donors (Lipinski definition) is 0. The minimum Gasteiger partial charge on any atom is -0.454 e. The standard InChI is InChI=1S/C23H17Cl2F3N2O4/c24-20-10-17(30(31)32)11-21(25)22(20)33-19-6-3-16-13-29(8-7-15(16)9-19)12-14-1-4-18(5-2-14)34-23(26,27)28/h1-6,9-11H,7-8,12-13H2. The van der Waals surface area contributed by atoms with Crippen LogP contribution in [0.5, 0.6) is 17.2 Å². The van der Waals surface area contributed by atoms with E-state index in [1.807, 2.05) is 12.1 Å². The maximum atomic E-state index is 12.3. The second-order valence-electron chi connectivity index (χ2n) is 7.68. The van der Waals surface area contributed by atoms with Crippen LogP contribution in [0.15, 0.2) is 54.6 Å². The van der Waals surface area contributed by atoms with Crippen molar-refractivity contribution in [2.45, 2.75) is 25.9 Å². The molecule has 0 aliphatic carbocycles. The zero-order chi connectivity index (χ0) is 24.5. The normalized spacial score (nSPS) is 13.9. The van der Waals surface area contributed by atoms with Crippen molar-refractivity contribution >= 4 is 28.9 Å². The quantitative estimate of drug-likeness (QED) is 0.259. The highest BCUT2D eigenvalue weighted by Gasteiger charge is 2.31. The summed E-state index contributed by atoms with van der Waals surface area (Å²) >= 11 is 12.3. The van der Waals surface area contributed by atoms with Crippen LogP contribution in [0.4, 0.5) is 18.9 Å². The molecule has 0 bridgehead atoms. The molecule has 0 amide bonds. The molecule has 178 valence electrons. The Hall–Kier alpha value is -3.01. The van der Waals surface area contributed by atoms with Crippen LogP contribution in [0.3, 0.4) is 0 Å². The van der Waals surface area contributed by atoms with Crippen LogP contribution in [-0.4, -0.2) is 22.7 Å². The lowest BCUT2D eigenvalue weighted by Crippen LogP contribution is -2.30. The largest absolute Gasteiger partial charge is 0.573 e. The number of alkyl halides is 3. The van der Waals surface area contributed by atoms with Gasteiger partial charge in [-0.3, -0.25) is 15.0 Å². The van der Waals surface area contributed by atoms with E-state index >= 15 is 0 Å². The number of ether oxygens (including phenoxy) is 2. The lowest BCUT2D eigenvalue weighted by Gasteiger charge is -2.29. The molecule has 0 unspecified atom stereocenters. The van der Waals surface area contributed by atoms with Gasteiger partial charge in [-0.25, -0.2) is 0 Å². The lowest BCUT2D eigenvalue weighted by molar-refractivity contribution is -0.384. The molecule has 0 saturated carbocycles. The highest BCUT2D eigenvalue weighted by atomic mass is 35.5. The molecule has 1 aliphatic rings. The van der Waals surface area contributed by atoms with E-state index in [9.17, 15) is 23.3 Å². The summed E-state index contributed by atoms with van der Waals surface area (Å²) in [6.45, 7) is 1.99. The zero-order valence-corrected chi connectivity index (χ0v) is 19.0. The fraction of sp³-hybridized carbons (Fsp3) is 0.217. The molecular formula is C23H17Cl2F3N2O4. The van der Waals surface area contributed by atoms with Gasteiger partial charge in [-0.1, -0.05) is 41.4 Å². The molecule has 0 aromatic heterocycles. The van der Waals surface area contributed by atoms with Gasteiger partial charge in [0.05, 0.1) is 15.0 Å². The topological polar surface area (TPSA) is 64.8 Å². The monoisotopic (exact) mass is 512 g/mol. The summed E-state index contributed by atoms with van der Waals surface area (Å²) in [5, 5.41) is 11.0. The minimum atomic E-state index is -4.71. The van der Waals surface area contributed by atoms with Crippen LogP contribution >= 0.6 is 23.2 Å². The Morgan fingerprint density at radius 1 is 0.971 bits per heavy atom. The van der Waals surface area contributed by atoms with Gasteiger partial charge < -0.3 is 9.47 Å². The predicted octanol–water partition coefficient (Wildman–Crippen LogP) is 7.15. The SMILES string of the molecule is O=[N+]([O-])c1cc(Cl)c(Oc2ccc3c(c2)CCN(Cc2ccc(OC(F)(F)F)cc2)C3)c(Cl)c1. The summed E-state index contributed by atoms with van der Waals surface area (Å²) < 4.78 is 46.7. The van der Waals surface area contributed by atoms with Gasteiger partial charge >= 0.3 is 6.36 Å². The summed E-state index contributed by atoms with van der Waals surface area (Å²) in [5.41, 5.74) is 2.82. The molecule has 6 nitrogen and oxygen atoms in total. The number of nitrogens with zero attached hydrogens (tertiary/aromatic N) is 2. The highest BCUT2D eigenvalue weighted by Crippen LogP contribution is 2.40. The van der Waals surface area contributed by atoms with E-state index in [4.69, 9.17) is 27.9 Å². The van der Waals surface area contributed by atoms with Gasteiger partial charge in [0.15, 0.2) is 5.75 Å². The van der Waals surface area contributed by atoms with E-state index in [1.165, 1.54) is 24.3 Å². The Kier molecular flexibility index (Phi) is 6.88. The van der Waals surface area contributed by atoms with Gasteiger partial charge in [0.25, 0.3) is 5.69 Å². The number of fused-ring (bicyclic) bond motifs is 1. The summed E-state index contributed by atoms with van der Waals surface area (Å²) in [6, 6.07) is 13.8. The molecule has 0 saturated heterocycles. The van der Waals surface area contributed by atoms with Crippen molar-refractivity contribution in [2.24, 2.45) is 0 Å². The highest BCUT2D eigenvalue weighted by molar-refractivity contribution is 6.37. The van der Waals surface area contributed by atoms with Gasteiger partial charge in [-0.2, -0.15) is 0 Å². The molecule has 4 rings (SSSR count). The van der Waals surface area contributed by atoms with E-state index in [0.717, 1.165) is 29.7 Å². The second-order valence-corrected chi connectivity index (χ2v) is 8.50. The first-order valence-electron chi connectivity index (χ1n) is 10.1. The molecule has 0 fully saturated rings. The molecule has 0 atom stereocenters. The van der Waals surface area contributed by atoms with Crippen LogP contribution in [0.2, 0.25) is 10.0 Å². The molecule has 0 spiro atoms. The molecule has 1 aliphatic heterocycles. The summed E-state index contributed by atoms with van der Waals surface area (Å²) in [4.78, 5) is 12.5. The third kappa shape index (κ3) is 5.91. The van der Waals surface area contributed by atoms with Gasteiger partial charge in [0.2, 0.25) is 0 Å². The Morgan fingerprint density at radius 2 is 1.62 bits per heavy atom.